The minimum absolute atomic E-state index is 0.0364. The van der Waals surface area contributed by atoms with E-state index in [1.54, 1.807) is 12.1 Å². The Morgan fingerprint density at radius 2 is 1.67 bits per heavy atom. The Morgan fingerprint density at radius 3 is 2.30 bits per heavy atom. The van der Waals surface area contributed by atoms with Crippen LogP contribution < -0.4 is 5.32 Å². The molecule has 0 saturated heterocycles. The van der Waals surface area contributed by atoms with Gasteiger partial charge >= 0.3 is 0 Å². The Bertz CT molecular complexity index is 967. The summed E-state index contributed by atoms with van der Waals surface area (Å²) in [6, 6.07) is 8.55. The van der Waals surface area contributed by atoms with E-state index < -0.39 is 0 Å². The Hall–Kier alpha value is -1.15. The highest BCUT2D eigenvalue weighted by atomic mass is 35.5. The van der Waals surface area contributed by atoms with Gasteiger partial charge < -0.3 is 5.32 Å². The molecule has 1 heterocycles. The summed E-state index contributed by atoms with van der Waals surface area (Å²) in [5, 5.41) is 11.2. The molecule has 0 aliphatic heterocycles. The standard InChI is InChI=1S/C16H9Cl5N4OS/c17-8-3-1-7(2-4-8)15-23-16(25-24-15)27-6-11(26)22-14-12(20)9(18)5-10(19)13(14)21/h1-5H,6H2,(H,22,26)(H,23,24,25). The summed E-state index contributed by atoms with van der Waals surface area (Å²) in [7, 11) is 0. The van der Waals surface area contributed by atoms with Crippen molar-refractivity contribution in [1.29, 1.82) is 0 Å². The van der Waals surface area contributed by atoms with Crippen LogP contribution in [0.4, 0.5) is 5.69 Å². The van der Waals surface area contributed by atoms with Crippen molar-refractivity contribution >= 4 is 81.4 Å². The molecule has 1 aromatic heterocycles. The summed E-state index contributed by atoms with van der Waals surface area (Å²) in [6.45, 7) is 0. The van der Waals surface area contributed by atoms with Crippen LogP contribution in [0, 0.1) is 0 Å². The van der Waals surface area contributed by atoms with Gasteiger partial charge in [0.1, 0.15) is 0 Å². The summed E-state index contributed by atoms with van der Waals surface area (Å²) in [5.74, 6) is 0.247. The molecule has 0 aliphatic rings. The Balaban J connectivity index is 1.64. The van der Waals surface area contributed by atoms with Gasteiger partial charge in [-0.25, -0.2) is 4.98 Å². The Kier molecular flexibility index (Phi) is 6.78. The number of nitrogens with one attached hydrogen (secondary N) is 2. The van der Waals surface area contributed by atoms with E-state index in [4.69, 9.17) is 58.0 Å². The molecule has 0 unspecified atom stereocenters. The van der Waals surface area contributed by atoms with Gasteiger partial charge in [0.25, 0.3) is 0 Å². The van der Waals surface area contributed by atoms with E-state index in [9.17, 15) is 4.79 Å². The number of hydrogen-bond acceptors (Lipinski definition) is 4. The number of rotatable bonds is 5. The lowest BCUT2D eigenvalue weighted by Crippen LogP contribution is -2.15. The number of nitrogens with zero attached hydrogens (tertiary/aromatic N) is 2. The van der Waals surface area contributed by atoms with Gasteiger partial charge in [-0.05, 0) is 30.3 Å². The third kappa shape index (κ3) is 5.02. The maximum absolute atomic E-state index is 12.2. The van der Waals surface area contributed by atoms with E-state index in [0.717, 1.165) is 17.3 Å². The fourth-order valence-corrected chi connectivity index (χ4v) is 3.66. The number of thioether (sulfide) groups is 1. The highest BCUT2D eigenvalue weighted by molar-refractivity contribution is 7.99. The van der Waals surface area contributed by atoms with E-state index in [0.29, 0.717) is 16.0 Å². The molecule has 140 valence electrons. The molecule has 2 N–H and O–H groups in total. The average Bonchev–Trinajstić information content (AvgIpc) is 3.11. The maximum atomic E-state index is 12.2. The van der Waals surface area contributed by atoms with Crippen LogP contribution in [0.15, 0.2) is 35.5 Å². The van der Waals surface area contributed by atoms with Crippen molar-refractivity contribution in [2.24, 2.45) is 0 Å². The molecule has 0 radical (unpaired) electrons. The summed E-state index contributed by atoms with van der Waals surface area (Å²) >= 11 is 31.1. The van der Waals surface area contributed by atoms with Crippen LogP contribution in [0.1, 0.15) is 0 Å². The summed E-state index contributed by atoms with van der Waals surface area (Å²) < 4.78 is 0. The molecule has 0 saturated carbocycles. The van der Waals surface area contributed by atoms with Crippen LogP contribution in [0.25, 0.3) is 11.4 Å². The van der Waals surface area contributed by atoms with E-state index >= 15 is 0 Å². The lowest BCUT2D eigenvalue weighted by Gasteiger charge is -2.11. The monoisotopic (exact) mass is 480 g/mol. The molecule has 11 heteroatoms. The predicted molar refractivity (Wildman–Crippen MR) is 113 cm³/mol. The largest absolute Gasteiger partial charge is 0.323 e. The zero-order valence-electron chi connectivity index (χ0n) is 13.2. The summed E-state index contributed by atoms with van der Waals surface area (Å²) in [5.41, 5.74) is 0.994. The number of H-pyrrole nitrogens is 1. The molecule has 0 atom stereocenters. The molecule has 27 heavy (non-hydrogen) atoms. The van der Waals surface area contributed by atoms with Gasteiger partial charge in [0.15, 0.2) is 5.82 Å². The van der Waals surface area contributed by atoms with Gasteiger partial charge in [-0.3, -0.25) is 9.89 Å². The molecule has 3 rings (SSSR count). The van der Waals surface area contributed by atoms with E-state index in [1.165, 1.54) is 6.07 Å². The molecule has 2 aromatic carbocycles. The van der Waals surface area contributed by atoms with Gasteiger partial charge in [0.05, 0.1) is 31.5 Å². The van der Waals surface area contributed by atoms with Gasteiger partial charge in [0, 0.05) is 10.6 Å². The first-order chi connectivity index (χ1) is 12.8. The van der Waals surface area contributed by atoms with Crippen molar-refractivity contribution in [3.8, 4) is 11.4 Å². The predicted octanol–water partition coefficient (Wildman–Crippen LogP) is 6.47. The van der Waals surface area contributed by atoms with Crippen molar-refractivity contribution in [2.75, 3.05) is 11.1 Å². The second-order valence-electron chi connectivity index (χ2n) is 5.15. The minimum Gasteiger partial charge on any atom is -0.323 e. The summed E-state index contributed by atoms with van der Waals surface area (Å²) in [6.07, 6.45) is 0. The quantitative estimate of drug-likeness (QED) is 0.323. The number of carbonyl (C=O) groups is 1. The van der Waals surface area contributed by atoms with Crippen LogP contribution >= 0.6 is 69.8 Å². The van der Waals surface area contributed by atoms with Crippen molar-refractivity contribution in [1.82, 2.24) is 15.2 Å². The number of aromatic amines is 1. The topological polar surface area (TPSA) is 70.7 Å². The smallest absolute Gasteiger partial charge is 0.234 e. The molecule has 5 nitrogen and oxygen atoms in total. The molecule has 0 fully saturated rings. The van der Waals surface area contributed by atoms with Gasteiger partial charge in [-0.15, -0.1) is 5.10 Å². The van der Waals surface area contributed by atoms with E-state index in [2.05, 4.69) is 20.5 Å². The van der Waals surface area contributed by atoms with Gasteiger partial charge in [-0.1, -0.05) is 69.8 Å². The third-order valence-corrected chi connectivity index (χ3v) is 5.97. The highest BCUT2D eigenvalue weighted by Gasteiger charge is 2.17. The van der Waals surface area contributed by atoms with Crippen LogP contribution in [-0.2, 0) is 4.79 Å². The van der Waals surface area contributed by atoms with Crippen molar-refractivity contribution in [3.63, 3.8) is 0 Å². The highest BCUT2D eigenvalue weighted by Crippen LogP contribution is 2.41. The first-order valence-corrected chi connectivity index (χ1v) is 10.2. The number of aromatic nitrogens is 3. The van der Waals surface area contributed by atoms with Crippen LogP contribution in [-0.4, -0.2) is 26.8 Å². The number of carbonyl (C=O) groups excluding carboxylic acids is 1. The average molecular weight is 483 g/mol. The Morgan fingerprint density at radius 1 is 1.04 bits per heavy atom. The van der Waals surface area contributed by atoms with Gasteiger partial charge in [0.2, 0.25) is 11.1 Å². The SMILES string of the molecule is O=C(CSc1n[nH]c(-c2ccc(Cl)cc2)n1)Nc1c(Cl)c(Cl)cc(Cl)c1Cl. The number of benzene rings is 2. The molecular formula is C16H9Cl5N4OS. The number of anilines is 1. The van der Waals surface area contributed by atoms with E-state index in [1.807, 2.05) is 12.1 Å². The number of hydrogen-bond donors (Lipinski definition) is 2. The molecular weight excluding hydrogens is 474 g/mol. The lowest BCUT2D eigenvalue weighted by atomic mass is 10.2. The fraction of sp³-hybridized carbons (Fsp3) is 0.0625. The zero-order chi connectivity index (χ0) is 19.6. The molecule has 0 spiro atoms. The molecule has 1 amide bonds. The first kappa shape index (κ1) is 20.6. The molecule has 0 bridgehead atoms. The van der Waals surface area contributed by atoms with Crippen molar-refractivity contribution in [3.05, 3.63) is 55.4 Å². The van der Waals surface area contributed by atoms with Crippen molar-refractivity contribution < 1.29 is 4.79 Å². The van der Waals surface area contributed by atoms with E-state index in [-0.39, 0.29) is 37.4 Å². The number of amides is 1. The first-order valence-electron chi connectivity index (χ1n) is 7.29. The van der Waals surface area contributed by atoms with Crippen molar-refractivity contribution in [2.45, 2.75) is 5.16 Å². The van der Waals surface area contributed by atoms with Gasteiger partial charge in [-0.2, -0.15) is 0 Å². The fourth-order valence-electron chi connectivity index (χ4n) is 2.04. The maximum Gasteiger partial charge on any atom is 0.234 e. The van der Waals surface area contributed by atoms with Crippen LogP contribution in [0.5, 0.6) is 0 Å². The number of halogens is 5. The second-order valence-corrected chi connectivity index (χ2v) is 8.10. The zero-order valence-corrected chi connectivity index (χ0v) is 17.8. The molecule has 0 aliphatic carbocycles. The van der Waals surface area contributed by atoms with Crippen LogP contribution in [0.3, 0.4) is 0 Å². The third-order valence-electron chi connectivity index (χ3n) is 3.29. The van der Waals surface area contributed by atoms with Crippen LogP contribution in [0.2, 0.25) is 25.1 Å². The Labute approximate surface area is 183 Å². The minimum atomic E-state index is -0.361. The second kappa shape index (κ2) is 8.90. The normalized spacial score (nSPS) is 10.9. The molecule has 3 aromatic rings. The summed E-state index contributed by atoms with van der Waals surface area (Å²) in [4.78, 5) is 16.5. The lowest BCUT2D eigenvalue weighted by molar-refractivity contribution is -0.113.